The largest absolute Gasteiger partial charge is 0.494 e. The Morgan fingerprint density at radius 1 is 1.15 bits per heavy atom. The van der Waals surface area contributed by atoms with Crippen molar-refractivity contribution in [1.29, 1.82) is 0 Å². The molecule has 1 atom stereocenters. The van der Waals surface area contributed by atoms with Gasteiger partial charge in [0.25, 0.3) is 0 Å². The lowest BCUT2D eigenvalue weighted by Crippen LogP contribution is -2.32. The highest BCUT2D eigenvalue weighted by Gasteiger charge is 2.27. The van der Waals surface area contributed by atoms with Crippen LogP contribution in [0, 0.1) is 19.7 Å². The normalized spacial score (nSPS) is 15.9. The number of hydrogen-bond acceptors (Lipinski definition) is 7. The van der Waals surface area contributed by atoms with E-state index < -0.39 is 0 Å². The minimum Gasteiger partial charge on any atom is -0.494 e. The van der Waals surface area contributed by atoms with Crippen molar-refractivity contribution in [1.82, 2.24) is 30.3 Å². The summed E-state index contributed by atoms with van der Waals surface area (Å²) in [5.41, 5.74) is 3.94. The zero-order valence-corrected chi connectivity index (χ0v) is 19.6. The molecule has 4 heterocycles. The van der Waals surface area contributed by atoms with Gasteiger partial charge in [0.05, 0.1) is 23.4 Å². The molecule has 3 aromatic heterocycles. The average molecular weight is 462 g/mol. The van der Waals surface area contributed by atoms with E-state index in [1.165, 1.54) is 11.6 Å². The van der Waals surface area contributed by atoms with Crippen LogP contribution >= 0.6 is 0 Å². The van der Waals surface area contributed by atoms with Crippen molar-refractivity contribution < 1.29 is 9.13 Å². The molecule has 8 nitrogen and oxygen atoms in total. The maximum Gasteiger partial charge on any atom is 0.179 e. The van der Waals surface area contributed by atoms with Crippen LogP contribution in [0.3, 0.4) is 0 Å². The summed E-state index contributed by atoms with van der Waals surface area (Å²) in [6.07, 6.45) is 4.61. The molecule has 1 saturated heterocycles. The molecule has 9 heteroatoms. The molecule has 1 aliphatic heterocycles. The summed E-state index contributed by atoms with van der Waals surface area (Å²) >= 11 is 0. The van der Waals surface area contributed by atoms with E-state index in [-0.39, 0.29) is 5.82 Å². The van der Waals surface area contributed by atoms with Gasteiger partial charge in [0.15, 0.2) is 11.6 Å². The molecule has 34 heavy (non-hydrogen) atoms. The van der Waals surface area contributed by atoms with Gasteiger partial charge in [-0.2, -0.15) is 10.2 Å². The molecule has 0 amide bonds. The standard InChI is InChI=1S/C25H28FN7O/c1-4-34-20-5-6-22(21(26)13-20)33-17(3)23-16(2)29-30-25(24(23)31-33)32-12-9-19(15-32)28-14-18-7-10-27-11-8-18/h5-8,10-11,13,19,28H,4,9,12,14-15H2,1-3H3/t19-/m0/s1. The van der Waals surface area contributed by atoms with Crippen LogP contribution in [-0.4, -0.2) is 50.7 Å². The first kappa shape index (κ1) is 22.2. The highest BCUT2D eigenvalue weighted by molar-refractivity contribution is 5.92. The van der Waals surface area contributed by atoms with Gasteiger partial charge in [0.2, 0.25) is 0 Å². The van der Waals surface area contributed by atoms with Gasteiger partial charge in [0.1, 0.15) is 17.0 Å². The molecule has 1 aromatic carbocycles. The average Bonchev–Trinajstić information content (AvgIpc) is 3.44. The van der Waals surface area contributed by atoms with Crippen LogP contribution in [0.1, 0.15) is 30.3 Å². The molecule has 5 rings (SSSR count). The van der Waals surface area contributed by atoms with E-state index in [9.17, 15) is 4.39 Å². The van der Waals surface area contributed by atoms with E-state index in [2.05, 4.69) is 25.4 Å². The molecule has 1 N–H and O–H groups in total. The number of aryl methyl sites for hydroxylation is 2. The van der Waals surface area contributed by atoms with E-state index in [1.54, 1.807) is 16.8 Å². The first-order valence-corrected chi connectivity index (χ1v) is 11.6. The number of benzene rings is 1. The van der Waals surface area contributed by atoms with Crippen molar-refractivity contribution in [2.24, 2.45) is 0 Å². The molecule has 0 aliphatic carbocycles. The quantitative estimate of drug-likeness (QED) is 0.449. The molecule has 176 valence electrons. The summed E-state index contributed by atoms with van der Waals surface area (Å²) in [6, 6.07) is 9.22. The second-order valence-electron chi connectivity index (χ2n) is 8.54. The number of nitrogens with zero attached hydrogens (tertiary/aromatic N) is 6. The van der Waals surface area contributed by atoms with Gasteiger partial charge < -0.3 is 15.0 Å². The monoisotopic (exact) mass is 461 g/mol. The van der Waals surface area contributed by atoms with Gasteiger partial charge in [0, 0.05) is 44.1 Å². The Morgan fingerprint density at radius 2 is 1.97 bits per heavy atom. The van der Waals surface area contributed by atoms with Crippen molar-refractivity contribution in [2.45, 2.75) is 39.8 Å². The zero-order valence-electron chi connectivity index (χ0n) is 19.6. The molecular formula is C25H28FN7O. The molecule has 0 spiro atoms. The number of anilines is 1. The number of pyridine rings is 1. The highest BCUT2D eigenvalue weighted by Crippen LogP contribution is 2.32. The fraction of sp³-hybridized carbons (Fsp3) is 0.360. The first-order chi connectivity index (χ1) is 16.5. The summed E-state index contributed by atoms with van der Waals surface area (Å²) in [5, 5.41) is 18.2. The third kappa shape index (κ3) is 4.19. The van der Waals surface area contributed by atoms with Crippen molar-refractivity contribution in [3.05, 3.63) is 65.5 Å². The van der Waals surface area contributed by atoms with Crippen LogP contribution in [0.2, 0.25) is 0 Å². The molecule has 0 bridgehead atoms. The van der Waals surface area contributed by atoms with Gasteiger partial charge in [-0.3, -0.25) is 4.98 Å². The predicted octanol–water partition coefficient (Wildman–Crippen LogP) is 3.73. The number of rotatable bonds is 7. The summed E-state index contributed by atoms with van der Waals surface area (Å²) in [4.78, 5) is 6.28. The Balaban J connectivity index is 1.43. The van der Waals surface area contributed by atoms with Crippen LogP contribution < -0.4 is 15.0 Å². The minimum atomic E-state index is -0.386. The molecule has 4 aromatic rings. The fourth-order valence-corrected chi connectivity index (χ4v) is 4.56. The molecule has 0 saturated carbocycles. The number of hydrogen-bond donors (Lipinski definition) is 1. The number of halogens is 1. The predicted molar refractivity (Wildman–Crippen MR) is 129 cm³/mol. The Morgan fingerprint density at radius 3 is 2.74 bits per heavy atom. The van der Waals surface area contributed by atoms with Crippen LogP contribution in [0.4, 0.5) is 10.2 Å². The molecule has 1 aliphatic rings. The van der Waals surface area contributed by atoms with E-state index in [0.29, 0.717) is 24.1 Å². The number of fused-ring (bicyclic) bond motifs is 1. The third-order valence-corrected chi connectivity index (χ3v) is 6.27. The van der Waals surface area contributed by atoms with E-state index in [0.717, 1.165) is 54.2 Å². The van der Waals surface area contributed by atoms with Gasteiger partial charge in [-0.1, -0.05) is 0 Å². The van der Waals surface area contributed by atoms with Crippen LogP contribution in [-0.2, 0) is 6.54 Å². The second-order valence-corrected chi connectivity index (χ2v) is 8.54. The van der Waals surface area contributed by atoms with Crippen LogP contribution in [0.25, 0.3) is 16.6 Å². The lowest BCUT2D eigenvalue weighted by atomic mass is 10.2. The van der Waals surface area contributed by atoms with Gasteiger partial charge in [-0.25, -0.2) is 9.07 Å². The Labute approximate surface area is 197 Å². The summed E-state index contributed by atoms with van der Waals surface area (Å²) in [6.45, 7) is 8.66. The van der Waals surface area contributed by atoms with Crippen molar-refractivity contribution >= 4 is 16.7 Å². The molecule has 1 fully saturated rings. The van der Waals surface area contributed by atoms with E-state index in [1.807, 2.05) is 45.3 Å². The minimum absolute atomic E-state index is 0.332. The summed E-state index contributed by atoms with van der Waals surface area (Å²) in [7, 11) is 0. The summed E-state index contributed by atoms with van der Waals surface area (Å²) < 4.78 is 22.0. The van der Waals surface area contributed by atoms with Crippen LogP contribution in [0.5, 0.6) is 5.75 Å². The van der Waals surface area contributed by atoms with Gasteiger partial charge in [-0.15, -0.1) is 5.10 Å². The summed E-state index contributed by atoms with van der Waals surface area (Å²) in [5.74, 6) is 0.853. The SMILES string of the molecule is CCOc1ccc(-n2nc3c(N4CC[C@H](NCc5ccncc5)C4)nnc(C)c3c2C)c(F)c1. The highest BCUT2D eigenvalue weighted by atomic mass is 19.1. The number of nitrogens with one attached hydrogen (secondary N) is 1. The fourth-order valence-electron chi connectivity index (χ4n) is 4.56. The van der Waals surface area contributed by atoms with Crippen LogP contribution in [0.15, 0.2) is 42.7 Å². The van der Waals surface area contributed by atoms with Gasteiger partial charge in [-0.05, 0) is 57.0 Å². The Bertz CT molecular complexity index is 1310. The van der Waals surface area contributed by atoms with E-state index in [4.69, 9.17) is 9.84 Å². The van der Waals surface area contributed by atoms with Gasteiger partial charge >= 0.3 is 0 Å². The first-order valence-electron chi connectivity index (χ1n) is 11.6. The topological polar surface area (TPSA) is 81.0 Å². The lowest BCUT2D eigenvalue weighted by molar-refractivity contribution is 0.338. The molecular weight excluding hydrogens is 433 g/mol. The third-order valence-electron chi connectivity index (χ3n) is 6.27. The van der Waals surface area contributed by atoms with Crippen molar-refractivity contribution in [3.8, 4) is 11.4 Å². The van der Waals surface area contributed by atoms with Crippen molar-refractivity contribution in [3.63, 3.8) is 0 Å². The Hall–Kier alpha value is -3.59. The number of ether oxygens (including phenoxy) is 1. The smallest absolute Gasteiger partial charge is 0.179 e. The zero-order chi connectivity index (χ0) is 23.7. The van der Waals surface area contributed by atoms with Crippen molar-refractivity contribution in [2.75, 3.05) is 24.6 Å². The maximum absolute atomic E-state index is 15.0. The molecule has 0 radical (unpaired) electrons. The molecule has 0 unspecified atom stereocenters. The van der Waals surface area contributed by atoms with E-state index >= 15 is 0 Å². The number of aromatic nitrogens is 5. The Kier molecular flexibility index (Phi) is 6.10. The second kappa shape index (κ2) is 9.34. The lowest BCUT2D eigenvalue weighted by Gasteiger charge is -2.18. The maximum atomic E-state index is 15.0.